The van der Waals surface area contributed by atoms with Crippen LogP contribution < -0.4 is 0 Å². The predicted molar refractivity (Wildman–Crippen MR) is 70.1 cm³/mol. The lowest BCUT2D eigenvalue weighted by Gasteiger charge is -2.30. The number of sulfonamides is 1. The Hall–Kier alpha value is -1.89. The van der Waals surface area contributed by atoms with Crippen LogP contribution in [-0.2, 0) is 19.6 Å². The number of ether oxygens (including phenoxy) is 1. The zero-order chi connectivity index (χ0) is 14.0. The van der Waals surface area contributed by atoms with Crippen molar-refractivity contribution in [3.63, 3.8) is 0 Å². The molecule has 1 heterocycles. The number of hydrogen-bond donors (Lipinski definition) is 0. The Kier molecular flexibility index (Phi) is 3.57. The second kappa shape index (κ2) is 5.00. The molecule has 0 saturated carbocycles. The summed E-state index contributed by atoms with van der Waals surface area (Å²) >= 11 is 0. The van der Waals surface area contributed by atoms with Crippen LogP contribution in [0.25, 0.3) is 0 Å². The summed E-state index contributed by atoms with van der Waals surface area (Å²) in [7, 11) is -2.27. The van der Waals surface area contributed by atoms with Crippen LogP contribution in [0.4, 0.5) is 0 Å². The van der Waals surface area contributed by atoms with Crippen molar-refractivity contribution in [3.05, 3.63) is 35.4 Å². The fraction of sp³-hybridized carbons (Fsp3) is 0.333. The maximum atomic E-state index is 11.7. The van der Waals surface area contributed by atoms with Crippen LogP contribution in [0, 0.1) is 0 Å². The first-order valence-electron chi connectivity index (χ1n) is 5.62. The van der Waals surface area contributed by atoms with Gasteiger partial charge in [-0.15, -0.1) is 0 Å². The van der Waals surface area contributed by atoms with Crippen molar-refractivity contribution in [1.82, 2.24) is 4.41 Å². The molecule has 19 heavy (non-hydrogen) atoms. The number of nitrogens with zero attached hydrogens (tertiary/aromatic N) is 2. The second-order valence-corrected chi connectivity index (χ2v) is 6.05. The van der Waals surface area contributed by atoms with Gasteiger partial charge in [0.2, 0.25) is 10.0 Å². The van der Waals surface area contributed by atoms with Crippen molar-refractivity contribution in [2.24, 2.45) is 5.10 Å². The molecule has 0 N–H and O–H groups in total. The average molecular weight is 282 g/mol. The summed E-state index contributed by atoms with van der Waals surface area (Å²) in [6, 6.07) is 6.57. The minimum absolute atomic E-state index is 0.0715. The van der Waals surface area contributed by atoms with E-state index in [2.05, 4.69) is 9.84 Å². The Balaban J connectivity index is 2.47. The summed E-state index contributed by atoms with van der Waals surface area (Å²) in [5.74, 6) is -0.481. The molecule has 1 aliphatic heterocycles. The molecule has 2 rings (SSSR count). The Morgan fingerprint density at radius 2 is 2.11 bits per heavy atom. The quantitative estimate of drug-likeness (QED) is 0.772. The molecule has 7 heteroatoms. The van der Waals surface area contributed by atoms with Gasteiger partial charge in [-0.3, -0.25) is 4.79 Å². The van der Waals surface area contributed by atoms with Gasteiger partial charge in [-0.2, -0.15) is 9.52 Å². The van der Waals surface area contributed by atoms with E-state index in [0.29, 0.717) is 0 Å². The van der Waals surface area contributed by atoms with Crippen LogP contribution in [0.3, 0.4) is 0 Å². The largest absolute Gasteiger partial charge is 0.469 e. The van der Waals surface area contributed by atoms with Gasteiger partial charge in [-0.05, 0) is 11.1 Å². The van der Waals surface area contributed by atoms with E-state index in [-0.39, 0.29) is 6.42 Å². The normalized spacial score (nSPS) is 18.0. The van der Waals surface area contributed by atoms with E-state index < -0.39 is 22.0 Å². The molecule has 0 aliphatic carbocycles. The number of carbonyl (C=O) groups excluding carboxylic acids is 1. The van der Waals surface area contributed by atoms with Crippen molar-refractivity contribution in [2.45, 2.75) is 12.5 Å². The van der Waals surface area contributed by atoms with Gasteiger partial charge >= 0.3 is 5.97 Å². The third kappa shape index (κ3) is 2.76. The third-order valence-electron chi connectivity index (χ3n) is 2.86. The number of hydrazone groups is 1. The summed E-state index contributed by atoms with van der Waals surface area (Å²) in [4.78, 5) is 11.5. The first-order chi connectivity index (χ1) is 8.93. The molecule has 1 aromatic rings. The molecule has 0 aromatic heterocycles. The van der Waals surface area contributed by atoms with Gasteiger partial charge in [0.05, 0.1) is 32.0 Å². The Morgan fingerprint density at radius 1 is 1.42 bits per heavy atom. The smallest absolute Gasteiger partial charge is 0.308 e. The summed E-state index contributed by atoms with van der Waals surface area (Å²) < 4.78 is 29.0. The zero-order valence-corrected chi connectivity index (χ0v) is 11.4. The highest BCUT2D eigenvalue weighted by Gasteiger charge is 2.32. The van der Waals surface area contributed by atoms with Crippen LogP contribution in [0.1, 0.15) is 23.6 Å². The number of hydrogen-bond acceptors (Lipinski definition) is 5. The van der Waals surface area contributed by atoms with Gasteiger partial charge < -0.3 is 4.74 Å². The summed E-state index contributed by atoms with van der Waals surface area (Å²) in [6.07, 6.45) is 2.46. The average Bonchev–Trinajstić information content (AvgIpc) is 2.37. The number of rotatable bonds is 3. The molecular weight excluding hydrogens is 268 g/mol. The molecule has 0 amide bonds. The van der Waals surface area contributed by atoms with Crippen molar-refractivity contribution in [2.75, 3.05) is 13.4 Å². The SMILES string of the molecule is COC(=O)CC1c2ccccc2C=NN1S(C)(=O)=O. The lowest BCUT2D eigenvalue weighted by Crippen LogP contribution is -2.34. The van der Waals surface area contributed by atoms with E-state index in [4.69, 9.17) is 0 Å². The topological polar surface area (TPSA) is 76.0 Å². The van der Waals surface area contributed by atoms with E-state index in [1.165, 1.54) is 13.3 Å². The summed E-state index contributed by atoms with van der Waals surface area (Å²) in [5, 5.41) is 3.92. The number of benzene rings is 1. The van der Waals surface area contributed by atoms with Crippen LogP contribution in [-0.4, -0.2) is 38.4 Å². The third-order valence-corrected chi connectivity index (χ3v) is 3.89. The van der Waals surface area contributed by atoms with E-state index in [1.54, 1.807) is 12.1 Å². The molecule has 1 aromatic carbocycles. The molecule has 1 aliphatic rings. The number of carbonyl (C=O) groups is 1. The Labute approximate surface area is 111 Å². The Morgan fingerprint density at radius 3 is 2.74 bits per heavy atom. The van der Waals surface area contributed by atoms with E-state index in [1.807, 2.05) is 12.1 Å². The minimum atomic E-state index is -3.54. The first kappa shape index (κ1) is 13.5. The van der Waals surface area contributed by atoms with E-state index >= 15 is 0 Å². The summed E-state index contributed by atoms with van der Waals surface area (Å²) in [5.41, 5.74) is 1.55. The van der Waals surface area contributed by atoms with Crippen molar-refractivity contribution in [1.29, 1.82) is 0 Å². The number of fused-ring (bicyclic) bond motifs is 1. The molecule has 1 atom stereocenters. The molecule has 0 fully saturated rings. The van der Waals surface area contributed by atoms with Gasteiger partial charge in [-0.25, -0.2) is 8.42 Å². The van der Waals surface area contributed by atoms with E-state index in [0.717, 1.165) is 21.8 Å². The van der Waals surface area contributed by atoms with Crippen LogP contribution >= 0.6 is 0 Å². The first-order valence-corrected chi connectivity index (χ1v) is 7.47. The molecule has 0 spiro atoms. The maximum Gasteiger partial charge on any atom is 0.308 e. The van der Waals surface area contributed by atoms with Crippen molar-refractivity contribution in [3.8, 4) is 0 Å². The van der Waals surface area contributed by atoms with Gasteiger partial charge in [0.15, 0.2) is 0 Å². The fourth-order valence-corrected chi connectivity index (χ4v) is 2.87. The minimum Gasteiger partial charge on any atom is -0.469 e. The lowest BCUT2D eigenvalue weighted by molar-refractivity contribution is -0.141. The number of esters is 1. The van der Waals surface area contributed by atoms with Crippen LogP contribution in [0.15, 0.2) is 29.4 Å². The van der Waals surface area contributed by atoms with E-state index in [9.17, 15) is 13.2 Å². The van der Waals surface area contributed by atoms with Gasteiger partial charge in [0.25, 0.3) is 0 Å². The van der Waals surface area contributed by atoms with Crippen molar-refractivity contribution >= 4 is 22.2 Å². The Bertz CT molecular complexity index is 624. The highest BCUT2D eigenvalue weighted by molar-refractivity contribution is 7.88. The molecule has 0 radical (unpaired) electrons. The molecule has 1 unspecified atom stereocenters. The highest BCUT2D eigenvalue weighted by Crippen LogP contribution is 2.32. The zero-order valence-electron chi connectivity index (χ0n) is 10.6. The molecular formula is C12H14N2O4S. The molecule has 0 bridgehead atoms. The lowest BCUT2D eigenvalue weighted by atomic mass is 9.98. The van der Waals surface area contributed by atoms with Gasteiger partial charge in [-0.1, -0.05) is 24.3 Å². The molecule has 6 nitrogen and oxygen atoms in total. The van der Waals surface area contributed by atoms with Crippen LogP contribution in [0.2, 0.25) is 0 Å². The predicted octanol–water partition coefficient (Wildman–Crippen LogP) is 0.900. The fourth-order valence-electron chi connectivity index (χ4n) is 2.00. The standard InChI is InChI=1S/C12H14N2O4S/c1-18-12(15)7-11-10-6-4-3-5-9(10)8-13-14(11)19(2,16)17/h3-6,8,11H,7H2,1-2H3. The molecule has 0 saturated heterocycles. The van der Waals surface area contributed by atoms with Gasteiger partial charge in [0, 0.05) is 0 Å². The second-order valence-electron chi connectivity index (χ2n) is 4.21. The van der Waals surface area contributed by atoms with Crippen LogP contribution in [0.5, 0.6) is 0 Å². The molecule has 102 valence electrons. The number of methoxy groups -OCH3 is 1. The monoisotopic (exact) mass is 282 g/mol. The van der Waals surface area contributed by atoms with Gasteiger partial charge in [0.1, 0.15) is 0 Å². The van der Waals surface area contributed by atoms with Crippen molar-refractivity contribution < 1.29 is 17.9 Å². The highest BCUT2D eigenvalue weighted by atomic mass is 32.2. The summed E-state index contributed by atoms with van der Waals surface area (Å²) in [6.45, 7) is 0. The maximum absolute atomic E-state index is 11.7.